The number of halogens is 2. The number of piperidine rings is 1. The Morgan fingerprint density at radius 2 is 1.69 bits per heavy atom. The molecule has 0 spiro atoms. The van der Waals surface area contributed by atoms with Gasteiger partial charge in [-0.05, 0) is 61.7 Å². The predicted octanol–water partition coefficient (Wildman–Crippen LogP) is 4.93. The summed E-state index contributed by atoms with van der Waals surface area (Å²) in [6.45, 7) is 1.25. The summed E-state index contributed by atoms with van der Waals surface area (Å²) in [5, 5.41) is 0.677. The van der Waals surface area contributed by atoms with Crippen molar-refractivity contribution in [3.05, 3.63) is 72.6 Å². The van der Waals surface area contributed by atoms with Crippen molar-refractivity contribution in [2.24, 2.45) is 5.92 Å². The van der Waals surface area contributed by atoms with Crippen LogP contribution in [0.15, 0.2) is 52.3 Å². The Labute approximate surface area is 242 Å². The second kappa shape index (κ2) is 10.6. The van der Waals surface area contributed by atoms with Gasteiger partial charge in [-0.15, -0.1) is 0 Å². The third-order valence-electron chi connectivity index (χ3n) is 7.28. The van der Waals surface area contributed by atoms with Crippen LogP contribution in [-0.4, -0.2) is 52.6 Å². The van der Waals surface area contributed by atoms with E-state index in [2.05, 4.69) is 4.98 Å². The van der Waals surface area contributed by atoms with E-state index in [-0.39, 0.29) is 29.2 Å². The quantitative estimate of drug-likeness (QED) is 0.415. The number of nitrogens with one attached hydrogen (secondary N) is 1. The summed E-state index contributed by atoms with van der Waals surface area (Å²) in [4.78, 5) is 59.0. The Bertz CT molecular complexity index is 1520. The molecule has 3 atom stereocenters. The average Bonchev–Trinajstić information content (AvgIpc) is 3.43. The van der Waals surface area contributed by atoms with Crippen LogP contribution < -0.4 is 14.5 Å². The molecular weight excluding hydrogens is 581 g/mol. The number of aromatic amines is 1. The lowest BCUT2D eigenvalue weighted by molar-refractivity contribution is -0.134. The van der Waals surface area contributed by atoms with E-state index in [4.69, 9.17) is 27.9 Å². The number of hydrogen-bond acceptors (Lipinski definition) is 7. The Hall–Kier alpha value is -2.79. The number of H-pyrrole nitrogens is 1. The number of likely N-dealkylation sites (tertiary alicyclic amines) is 1. The van der Waals surface area contributed by atoms with E-state index in [0.717, 1.165) is 30.6 Å². The molecule has 3 aliphatic heterocycles. The first-order chi connectivity index (χ1) is 18.8. The normalized spacial score (nSPS) is 22.6. The molecule has 3 aromatic rings. The van der Waals surface area contributed by atoms with E-state index in [1.165, 1.54) is 16.7 Å². The molecule has 6 rings (SSSR count). The maximum atomic E-state index is 13.9. The Kier molecular flexibility index (Phi) is 7.22. The lowest BCUT2D eigenvalue weighted by atomic mass is 9.82. The fraction of sp³-hybridized carbons (Fsp3) is 0.333. The van der Waals surface area contributed by atoms with Crippen LogP contribution in [-0.2, 0) is 14.4 Å². The van der Waals surface area contributed by atoms with E-state index in [1.807, 2.05) is 0 Å². The molecule has 0 saturated carbocycles. The summed E-state index contributed by atoms with van der Waals surface area (Å²) in [5.74, 6) is -1.96. The van der Waals surface area contributed by atoms with Crippen LogP contribution >= 0.6 is 46.3 Å². The molecule has 0 bridgehead atoms. The van der Waals surface area contributed by atoms with Crippen LogP contribution in [0.3, 0.4) is 0 Å². The molecule has 3 aliphatic rings. The summed E-state index contributed by atoms with van der Waals surface area (Å²) >= 11 is 14.6. The molecule has 4 heterocycles. The van der Waals surface area contributed by atoms with Gasteiger partial charge in [0.1, 0.15) is 11.0 Å². The summed E-state index contributed by atoms with van der Waals surface area (Å²) in [6.07, 6.45) is 3.04. The smallest absolute Gasteiger partial charge is 0.305 e. The minimum Gasteiger partial charge on any atom is -0.483 e. The number of anilines is 1. The average molecular weight is 605 g/mol. The van der Waals surface area contributed by atoms with Crippen molar-refractivity contribution in [1.29, 1.82) is 0 Å². The van der Waals surface area contributed by atoms with E-state index in [1.54, 1.807) is 47.4 Å². The molecule has 0 radical (unpaired) electrons. The highest BCUT2D eigenvalue weighted by molar-refractivity contribution is 8.00. The van der Waals surface area contributed by atoms with E-state index >= 15 is 0 Å². The molecule has 1 aromatic heterocycles. The zero-order valence-corrected chi connectivity index (χ0v) is 23.7. The summed E-state index contributed by atoms with van der Waals surface area (Å²) in [5.41, 5.74) is 0.981. The van der Waals surface area contributed by atoms with Gasteiger partial charge in [0.2, 0.25) is 11.8 Å². The van der Waals surface area contributed by atoms with Crippen LogP contribution in [0.2, 0.25) is 10.0 Å². The SMILES string of the molecule is O=C(COc1ccc(Cl)cc1[C@H]1c2sc(=O)[nH]c2SC2C(=O)N(c3ccc(Cl)cc3)C(=O)C21)N1CCCCC1. The van der Waals surface area contributed by atoms with E-state index in [9.17, 15) is 19.2 Å². The number of fused-ring (bicyclic) bond motifs is 2. The standard InChI is InChI=1S/C27H23Cl2N3O5S2/c28-14-4-7-16(8-5-14)32-25(34)21-20(22-24(30-27(36)39-22)38-23(21)26(32)35)17-12-15(29)6-9-18(17)37-13-19(33)31-10-2-1-3-11-31/h4-9,12,20-21,23H,1-3,10-11,13H2,(H,30,36)/t20-,21?,23?/m1/s1. The van der Waals surface area contributed by atoms with Gasteiger partial charge in [-0.25, -0.2) is 4.90 Å². The first kappa shape index (κ1) is 26.4. The zero-order valence-electron chi connectivity index (χ0n) is 20.5. The molecule has 2 unspecified atom stereocenters. The predicted molar refractivity (Wildman–Crippen MR) is 151 cm³/mol. The molecule has 3 amide bonds. The Morgan fingerprint density at radius 1 is 0.974 bits per heavy atom. The van der Waals surface area contributed by atoms with Gasteiger partial charge in [0.25, 0.3) is 5.91 Å². The topological polar surface area (TPSA) is 99.8 Å². The number of ether oxygens (including phenoxy) is 1. The molecule has 1 N–H and O–H groups in total. The molecule has 39 heavy (non-hydrogen) atoms. The number of nitrogens with zero attached hydrogens (tertiary/aromatic N) is 2. The van der Waals surface area contributed by atoms with Gasteiger partial charge in [-0.3, -0.25) is 19.2 Å². The van der Waals surface area contributed by atoms with E-state index in [0.29, 0.717) is 50.0 Å². The first-order valence-electron chi connectivity index (χ1n) is 12.5. The molecule has 8 nitrogen and oxygen atoms in total. The molecule has 0 aliphatic carbocycles. The van der Waals surface area contributed by atoms with Crippen molar-refractivity contribution in [3.63, 3.8) is 0 Å². The highest BCUT2D eigenvalue weighted by atomic mass is 35.5. The van der Waals surface area contributed by atoms with Crippen LogP contribution in [0.25, 0.3) is 0 Å². The first-order valence-corrected chi connectivity index (χ1v) is 15.0. The molecule has 2 saturated heterocycles. The fourth-order valence-electron chi connectivity index (χ4n) is 5.46. The molecule has 2 fully saturated rings. The number of imide groups is 1. The number of hydrogen-bond donors (Lipinski definition) is 1. The minimum atomic E-state index is -0.809. The Morgan fingerprint density at radius 3 is 2.44 bits per heavy atom. The number of rotatable bonds is 5. The molecule has 202 valence electrons. The maximum Gasteiger partial charge on any atom is 0.305 e. The van der Waals surface area contributed by atoms with Crippen molar-refractivity contribution >= 4 is 69.7 Å². The van der Waals surface area contributed by atoms with Crippen LogP contribution in [0.1, 0.15) is 35.6 Å². The number of benzene rings is 2. The maximum absolute atomic E-state index is 13.9. The van der Waals surface area contributed by atoms with Crippen molar-refractivity contribution in [2.75, 3.05) is 24.6 Å². The van der Waals surface area contributed by atoms with Gasteiger partial charge in [0.05, 0.1) is 16.6 Å². The molecule has 12 heteroatoms. The molecular formula is C27H23Cl2N3O5S2. The summed E-state index contributed by atoms with van der Waals surface area (Å²) < 4.78 is 6.05. The van der Waals surface area contributed by atoms with Crippen molar-refractivity contribution < 1.29 is 19.1 Å². The van der Waals surface area contributed by atoms with Crippen LogP contribution in [0.5, 0.6) is 5.75 Å². The van der Waals surface area contributed by atoms with Gasteiger partial charge in [0, 0.05) is 39.5 Å². The number of aromatic nitrogens is 1. The lowest BCUT2D eigenvalue weighted by Crippen LogP contribution is -2.38. The number of thioether (sulfide) groups is 1. The van der Waals surface area contributed by atoms with Crippen LogP contribution in [0, 0.1) is 5.92 Å². The highest BCUT2D eigenvalue weighted by Crippen LogP contribution is 2.54. The molecule has 2 aromatic carbocycles. The number of carbonyl (C=O) groups is 3. The number of thiazole rings is 1. The lowest BCUT2D eigenvalue weighted by Gasteiger charge is -2.31. The van der Waals surface area contributed by atoms with Crippen molar-refractivity contribution in [1.82, 2.24) is 9.88 Å². The van der Waals surface area contributed by atoms with Crippen LogP contribution in [0.4, 0.5) is 5.69 Å². The second-order valence-electron chi connectivity index (χ2n) is 9.65. The number of carbonyl (C=O) groups excluding carboxylic acids is 3. The zero-order chi connectivity index (χ0) is 27.3. The third-order valence-corrected chi connectivity index (χ3v) is 10.2. The van der Waals surface area contributed by atoms with Gasteiger partial charge in [-0.2, -0.15) is 0 Å². The van der Waals surface area contributed by atoms with E-state index < -0.39 is 17.1 Å². The van der Waals surface area contributed by atoms with Gasteiger partial charge in [-0.1, -0.05) is 46.3 Å². The van der Waals surface area contributed by atoms with Gasteiger partial charge >= 0.3 is 4.87 Å². The third kappa shape index (κ3) is 4.88. The summed E-state index contributed by atoms with van der Waals surface area (Å²) in [7, 11) is 0. The number of amides is 3. The monoisotopic (exact) mass is 603 g/mol. The summed E-state index contributed by atoms with van der Waals surface area (Å²) in [6, 6.07) is 11.5. The highest BCUT2D eigenvalue weighted by Gasteiger charge is 2.56. The van der Waals surface area contributed by atoms with Gasteiger partial charge < -0.3 is 14.6 Å². The fourth-order valence-corrected chi connectivity index (χ4v) is 8.28. The minimum absolute atomic E-state index is 0.110. The second-order valence-corrected chi connectivity index (χ2v) is 12.7. The largest absolute Gasteiger partial charge is 0.483 e. The van der Waals surface area contributed by atoms with Gasteiger partial charge in [0.15, 0.2) is 6.61 Å². The van der Waals surface area contributed by atoms with Crippen molar-refractivity contribution in [2.45, 2.75) is 35.5 Å². The van der Waals surface area contributed by atoms with Crippen molar-refractivity contribution in [3.8, 4) is 5.75 Å². The Balaban J connectivity index is 1.39.